The van der Waals surface area contributed by atoms with E-state index in [2.05, 4.69) is 16.0 Å². The van der Waals surface area contributed by atoms with Gasteiger partial charge in [-0.3, -0.25) is 4.98 Å². The van der Waals surface area contributed by atoms with E-state index in [-0.39, 0.29) is 0 Å². The fourth-order valence-electron chi connectivity index (χ4n) is 3.94. The number of sulfone groups is 1. The van der Waals surface area contributed by atoms with Crippen molar-refractivity contribution in [3.05, 3.63) is 59.8 Å². The molecule has 1 aromatic heterocycles. The third-order valence-corrected chi connectivity index (χ3v) is 7.28. The summed E-state index contributed by atoms with van der Waals surface area (Å²) in [4.78, 5) is 7.40. The monoisotopic (exact) mass is 394 g/mol. The molecule has 0 unspecified atom stereocenters. The summed E-state index contributed by atoms with van der Waals surface area (Å²) in [6.45, 7) is 5.75. The molecule has 146 valence electrons. The van der Waals surface area contributed by atoms with Gasteiger partial charge in [0.25, 0.3) is 0 Å². The number of hydrogen-bond donors (Lipinski definition) is 0. The molecule has 0 radical (unpaired) electrons. The van der Waals surface area contributed by atoms with E-state index in [9.17, 15) is 8.42 Å². The second-order valence-corrected chi connectivity index (χ2v) is 9.63. The number of pyridine rings is 1. The summed E-state index contributed by atoms with van der Waals surface area (Å²) in [5.74, 6) is 0. The van der Waals surface area contributed by atoms with E-state index in [1.807, 2.05) is 38.1 Å². The van der Waals surface area contributed by atoms with Crippen LogP contribution in [0.4, 0.5) is 5.69 Å². The van der Waals surface area contributed by atoms with Crippen LogP contribution in [0.3, 0.4) is 0 Å². The van der Waals surface area contributed by atoms with Crippen molar-refractivity contribution in [2.75, 3.05) is 18.0 Å². The number of nitrogens with zero attached hydrogens (tertiary/aromatic N) is 2. The van der Waals surface area contributed by atoms with Gasteiger partial charge < -0.3 is 4.90 Å². The number of benzene rings is 2. The quantitative estimate of drug-likeness (QED) is 0.623. The van der Waals surface area contributed by atoms with Gasteiger partial charge in [0, 0.05) is 24.7 Å². The van der Waals surface area contributed by atoms with Gasteiger partial charge in [0.05, 0.1) is 16.1 Å². The second kappa shape index (κ2) is 7.55. The SMILES string of the molecule is Cc1ccc(S(=O)(=O)c2cnc3ccc(C)cc3c2N2CCCCCC2)cc1. The van der Waals surface area contributed by atoms with Crippen LogP contribution in [-0.4, -0.2) is 26.5 Å². The summed E-state index contributed by atoms with van der Waals surface area (Å²) >= 11 is 0. The van der Waals surface area contributed by atoms with Gasteiger partial charge in [-0.2, -0.15) is 0 Å². The topological polar surface area (TPSA) is 50.3 Å². The highest BCUT2D eigenvalue weighted by molar-refractivity contribution is 7.91. The van der Waals surface area contributed by atoms with Crippen molar-refractivity contribution >= 4 is 26.4 Å². The minimum atomic E-state index is -3.66. The zero-order valence-electron chi connectivity index (χ0n) is 16.5. The Labute approximate surface area is 167 Å². The summed E-state index contributed by atoms with van der Waals surface area (Å²) in [5.41, 5.74) is 3.80. The molecule has 0 saturated carbocycles. The van der Waals surface area contributed by atoms with Crippen LogP contribution in [0.25, 0.3) is 10.9 Å². The van der Waals surface area contributed by atoms with E-state index in [4.69, 9.17) is 0 Å². The maximum Gasteiger partial charge on any atom is 0.210 e. The smallest absolute Gasteiger partial charge is 0.210 e. The highest BCUT2D eigenvalue weighted by Crippen LogP contribution is 2.37. The molecule has 4 rings (SSSR count). The van der Waals surface area contributed by atoms with Crippen molar-refractivity contribution in [2.24, 2.45) is 0 Å². The molecule has 1 saturated heterocycles. The summed E-state index contributed by atoms with van der Waals surface area (Å²) in [6, 6.07) is 13.1. The third-order valence-electron chi connectivity index (χ3n) is 5.50. The summed E-state index contributed by atoms with van der Waals surface area (Å²) in [5, 5.41) is 0.926. The van der Waals surface area contributed by atoms with Crippen molar-refractivity contribution < 1.29 is 8.42 Å². The first kappa shape index (κ1) is 18.9. The van der Waals surface area contributed by atoms with Gasteiger partial charge in [-0.05, 0) is 51.0 Å². The molecule has 3 aromatic rings. The molecule has 0 atom stereocenters. The Morgan fingerprint density at radius 2 is 1.50 bits per heavy atom. The molecule has 0 N–H and O–H groups in total. The maximum absolute atomic E-state index is 13.6. The van der Waals surface area contributed by atoms with E-state index in [0.29, 0.717) is 9.79 Å². The van der Waals surface area contributed by atoms with Crippen LogP contribution in [0.15, 0.2) is 58.5 Å². The van der Waals surface area contributed by atoms with E-state index in [1.54, 1.807) is 18.3 Å². The molecule has 1 aliphatic rings. The zero-order chi connectivity index (χ0) is 19.7. The van der Waals surface area contributed by atoms with Gasteiger partial charge in [0.1, 0.15) is 4.90 Å². The lowest BCUT2D eigenvalue weighted by Crippen LogP contribution is -2.26. The standard InChI is InChI=1S/C23H26N2O2S/c1-17-7-10-19(11-8-17)28(26,27)22-16-24-21-12-9-18(2)15-20(21)23(22)25-13-5-3-4-6-14-25/h7-12,15-16H,3-6,13-14H2,1-2H3. The van der Waals surface area contributed by atoms with Crippen LogP contribution in [0.5, 0.6) is 0 Å². The average Bonchev–Trinajstić information content (AvgIpc) is 2.96. The van der Waals surface area contributed by atoms with E-state index >= 15 is 0 Å². The zero-order valence-corrected chi connectivity index (χ0v) is 17.3. The van der Waals surface area contributed by atoms with Crippen molar-refractivity contribution in [3.63, 3.8) is 0 Å². The average molecular weight is 395 g/mol. The molecule has 1 aliphatic heterocycles. The van der Waals surface area contributed by atoms with Crippen LogP contribution >= 0.6 is 0 Å². The number of aryl methyl sites for hydroxylation is 2. The molecular weight excluding hydrogens is 368 g/mol. The number of fused-ring (bicyclic) bond motifs is 1. The maximum atomic E-state index is 13.6. The van der Waals surface area contributed by atoms with Crippen LogP contribution in [0.1, 0.15) is 36.8 Å². The Hall–Kier alpha value is -2.40. The number of anilines is 1. The minimum Gasteiger partial charge on any atom is -0.370 e. The van der Waals surface area contributed by atoms with Crippen molar-refractivity contribution in [3.8, 4) is 0 Å². The molecule has 0 bridgehead atoms. The van der Waals surface area contributed by atoms with Crippen molar-refractivity contribution in [1.82, 2.24) is 4.98 Å². The van der Waals surface area contributed by atoms with Crippen molar-refractivity contribution in [1.29, 1.82) is 0 Å². The predicted molar refractivity (Wildman–Crippen MR) is 114 cm³/mol. The fraction of sp³-hybridized carbons (Fsp3) is 0.348. The van der Waals surface area contributed by atoms with E-state index in [1.165, 1.54) is 12.8 Å². The van der Waals surface area contributed by atoms with Gasteiger partial charge in [0.15, 0.2) is 0 Å². The normalized spacial score (nSPS) is 15.6. The largest absolute Gasteiger partial charge is 0.370 e. The van der Waals surface area contributed by atoms with Gasteiger partial charge >= 0.3 is 0 Å². The van der Waals surface area contributed by atoms with Crippen LogP contribution in [0.2, 0.25) is 0 Å². The molecule has 2 aromatic carbocycles. The lowest BCUT2D eigenvalue weighted by molar-refractivity contribution is 0.595. The van der Waals surface area contributed by atoms with Gasteiger partial charge in [0.2, 0.25) is 9.84 Å². The number of hydrogen-bond acceptors (Lipinski definition) is 4. The van der Waals surface area contributed by atoms with E-state index < -0.39 is 9.84 Å². The first-order valence-electron chi connectivity index (χ1n) is 9.93. The van der Waals surface area contributed by atoms with Crippen molar-refractivity contribution in [2.45, 2.75) is 49.3 Å². The molecule has 0 aliphatic carbocycles. The molecule has 5 heteroatoms. The molecule has 0 spiro atoms. The first-order valence-corrected chi connectivity index (χ1v) is 11.4. The molecule has 2 heterocycles. The Morgan fingerprint density at radius 1 is 0.857 bits per heavy atom. The molecule has 1 fully saturated rings. The Balaban J connectivity index is 1.97. The summed E-state index contributed by atoms with van der Waals surface area (Å²) in [6.07, 6.45) is 6.10. The number of aromatic nitrogens is 1. The van der Waals surface area contributed by atoms with Gasteiger partial charge in [-0.15, -0.1) is 0 Å². The number of rotatable bonds is 3. The van der Waals surface area contributed by atoms with Crippen LogP contribution in [-0.2, 0) is 9.84 Å². The molecule has 0 amide bonds. The predicted octanol–water partition coefficient (Wildman–Crippen LogP) is 5.06. The van der Waals surface area contributed by atoms with Gasteiger partial charge in [-0.25, -0.2) is 8.42 Å². The summed E-state index contributed by atoms with van der Waals surface area (Å²) in [7, 11) is -3.66. The Morgan fingerprint density at radius 3 is 2.18 bits per heavy atom. The van der Waals surface area contributed by atoms with Crippen LogP contribution in [0, 0.1) is 13.8 Å². The molecule has 28 heavy (non-hydrogen) atoms. The van der Waals surface area contributed by atoms with Crippen LogP contribution < -0.4 is 4.90 Å². The fourth-order valence-corrected chi connectivity index (χ4v) is 5.37. The Kier molecular flexibility index (Phi) is 5.11. The highest BCUT2D eigenvalue weighted by atomic mass is 32.2. The summed E-state index contributed by atoms with van der Waals surface area (Å²) < 4.78 is 27.1. The molecule has 4 nitrogen and oxygen atoms in total. The molecular formula is C23H26N2O2S. The lowest BCUT2D eigenvalue weighted by Gasteiger charge is -2.27. The van der Waals surface area contributed by atoms with E-state index in [0.717, 1.165) is 53.6 Å². The van der Waals surface area contributed by atoms with Gasteiger partial charge in [-0.1, -0.05) is 42.2 Å². The third kappa shape index (κ3) is 3.51. The lowest BCUT2D eigenvalue weighted by atomic mass is 10.1. The second-order valence-electron chi connectivity index (χ2n) is 7.71. The minimum absolute atomic E-state index is 0.316. The highest BCUT2D eigenvalue weighted by Gasteiger charge is 2.27. The first-order chi connectivity index (χ1) is 13.5. The Bertz CT molecular complexity index is 1100.